The van der Waals surface area contributed by atoms with Crippen LogP contribution in [0.5, 0.6) is 5.75 Å². The third kappa shape index (κ3) is 2.93. The van der Waals surface area contributed by atoms with Gasteiger partial charge < -0.3 is 14.8 Å². The van der Waals surface area contributed by atoms with Crippen molar-refractivity contribution in [2.75, 3.05) is 6.61 Å². The molecule has 1 aromatic rings. The largest absolute Gasteiger partial charge is 0.494 e. The fraction of sp³-hybridized carbons (Fsp3) is 0.250. The van der Waals surface area contributed by atoms with Gasteiger partial charge in [0.1, 0.15) is 5.75 Å². The highest BCUT2D eigenvalue weighted by Crippen LogP contribution is 2.18. The highest BCUT2D eigenvalue weighted by atomic mass is 16.6. The highest BCUT2D eigenvalue weighted by Gasteiger charge is 2.17. The normalized spacial score (nSPS) is 9.80. The van der Waals surface area contributed by atoms with Crippen LogP contribution in [0, 0.1) is 10.1 Å². The molecular formula is C8H10BNO5. The zero-order valence-corrected chi connectivity index (χ0v) is 8.08. The lowest BCUT2D eigenvalue weighted by Gasteiger charge is -2.05. The van der Waals surface area contributed by atoms with Gasteiger partial charge in [0, 0.05) is 6.07 Å². The maximum atomic E-state index is 10.5. The molecule has 0 saturated heterocycles. The van der Waals surface area contributed by atoms with Crippen molar-refractivity contribution in [1.82, 2.24) is 0 Å². The van der Waals surface area contributed by atoms with Crippen molar-refractivity contribution < 1.29 is 19.7 Å². The van der Waals surface area contributed by atoms with Gasteiger partial charge in [0.05, 0.1) is 17.6 Å². The molecule has 6 nitrogen and oxygen atoms in total. The van der Waals surface area contributed by atoms with Gasteiger partial charge in [-0.2, -0.15) is 0 Å². The van der Waals surface area contributed by atoms with Gasteiger partial charge in [0.2, 0.25) is 0 Å². The fourth-order valence-electron chi connectivity index (χ4n) is 1.11. The van der Waals surface area contributed by atoms with Crippen molar-refractivity contribution in [1.29, 1.82) is 0 Å². The van der Waals surface area contributed by atoms with E-state index in [1.54, 1.807) is 6.92 Å². The molecule has 0 atom stereocenters. The predicted octanol–water partition coefficient (Wildman–Crippen LogP) is -0.327. The molecular weight excluding hydrogens is 201 g/mol. The predicted molar refractivity (Wildman–Crippen MR) is 54.1 cm³/mol. The van der Waals surface area contributed by atoms with Crippen molar-refractivity contribution in [2.45, 2.75) is 6.92 Å². The van der Waals surface area contributed by atoms with Crippen molar-refractivity contribution in [2.24, 2.45) is 0 Å². The summed E-state index contributed by atoms with van der Waals surface area (Å²) in [5.74, 6) is 0.245. The third-order valence-corrected chi connectivity index (χ3v) is 1.73. The number of hydrogen-bond acceptors (Lipinski definition) is 5. The van der Waals surface area contributed by atoms with Gasteiger partial charge in [-0.25, -0.2) is 0 Å². The summed E-state index contributed by atoms with van der Waals surface area (Å²) in [4.78, 5) is 9.90. The zero-order valence-electron chi connectivity index (χ0n) is 8.08. The quantitative estimate of drug-likeness (QED) is 0.404. The van der Waals surface area contributed by atoms with Gasteiger partial charge in [-0.15, -0.1) is 0 Å². The zero-order chi connectivity index (χ0) is 11.4. The van der Waals surface area contributed by atoms with E-state index in [2.05, 4.69) is 0 Å². The molecule has 0 saturated carbocycles. The first kappa shape index (κ1) is 11.5. The van der Waals surface area contributed by atoms with Crippen LogP contribution < -0.4 is 10.2 Å². The monoisotopic (exact) mass is 211 g/mol. The first-order chi connectivity index (χ1) is 7.04. The lowest BCUT2D eigenvalue weighted by molar-refractivity contribution is -0.384. The number of nitro groups is 1. The summed E-state index contributed by atoms with van der Waals surface area (Å²) in [5, 5.41) is 28.3. The minimum absolute atomic E-state index is 0.0349. The van der Waals surface area contributed by atoms with E-state index in [1.165, 1.54) is 12.1 Å². The van der Waals surface area contributed by atoms with Crippen LogP contribution in [-0.2, 0) is 0 Å². The van der Waals surface area contributed by atoms with E-state index in [4.69, 9.17) is 14.8 Å². The topological polar surface area (TPSA) is 92.8 Å². The molecule has 2 N–H and O–H groups in total. The Morgan fingerprint density at radius 1 is 1.47 bits per heavy atom. The second kappa shape index (κ2) is 4.76. The first-order valence-corrected chi connectivity index (χ1v) is 4.33. The third-order valence-electron chi connectivity index (χ3n) is 1.73. The van der Waals surface area contributed by atoms with Gasteiger partial charge in [0.25, 0.3) is 5.69 Å². The molecule has 0 bridgehead atoms. The molecule has 1 rings (SSSR count). The number of rotatable bonds is 4. The Bertz CT molecular complexity index is 368. The Kier molecular flexibility index (Phi) is 3.65. The van der Waals surface area contributed by atoms with Crippen LogP contribution in [-0.4, -0.2) is 28.7 Å². The first-order valence-electron chi connectivity index (χ1n) is 4.33. The smallest absolute Gasteiger partial charge is 0.488 e. The second-order valence-corrected chi connectivity index (χ2v) is 2.82. The highest BCUT2D eigenvalue weighted by molar-refractivity contribution is 6.58. The van der Waals surface area contributed by atoms with E-state index in [0.29, 0.717) is 6.61 Å². The molecule has 0 aromatic heterocycles. The SMILES string of the molecule is CCOc1cc(B(O)O)cc([N+](=O)[O-])c1. The van der Waals surface area contributed by atoms with Gasteiger partial charge in [0.15, 0.2) is 0 Å². The molecule has 1 aromatic carbocycles. The summed E-state index contributed by atoms with van der Waals surface area (Å²) in [7, 11) is -1.75. The molecule has 7 heteroatoms. The Hall–Kier alpha value is -1.60. The average Bonchev–Trinajstić information content (AvgIpc) is 2.17. The molecule has 15 heavy (non-hydrogen) atoms. The number of nitrogens with zero attached hydrogens (tertiary/aromatic N) is 1. The van der Waals surface area contributed by atoms with E-state index >= 15 is 0 Å². The second-order valence-electron chi connectivity index (χ2n) is 2.82. The number of ether oxygens (including phenoxy) is 1. The minimum atomic E-state index is -1.75. The van der Waals surface area contributed by atoms with Crippen molar-refractivity contribution in [3.05, 3.63) is 28.3 Å². The molecule has 0 aliphatic rings. The molecule has 0 radical (unpaired) electrons. The maximum Gasteiger partial charge on any atom is 0.488 e. The molecule has 0 heterocycles. The molecule has 0 aliphatic carbocycles. The fourth-order valence-corrected chi connectivity index (χ4v) is 1.11. The molecule has 0 aliphatic heterocycles. The number of non-ortho nitro benzene ring substituents is 1. The van der Waals surface area contributed by atoms with Crippen LogP contribution in [0.2, 0.25) is 0 Å². The van der Waals surface area contributed by atoms with Crippen LogP contribution in [0.1, 0.15) is 6.92 Å². The van der Waals surface area contributed by atoms with Crippen LogP contribution in [0.25, 0.3) is 0 Å². The summed E-state index contributed by atoms with van der Waals surface area (Å²) >= 11 is 0. The van der Waals surface area contributed by atoms with Crippen molar-refractivity contribution in [3.8, 4) is 5.75 Å². The van der Waals surface area contributed by atoms with E-state index in [0.717, 1.165) is 6.07 Å². The van der Waals surface area contributed by atoms with Gasteiger partial charge >= 0.3 is 7.12 Å². The maximum absolute atomic E-state index is 10.5. The van der Waals surface area contributed by atoms with Gasteiger partial charge in [-0.1, -0.05) is 0 Å². The lowest BCUT2D eigenvalue weighted by Crippen LogP contribution is -2.30. The van der Waals surface area contributed by atoms with Crippen LogP contribution in [0.3, 0.4) is 0 Å². The van der Waals surface area contributed by atoms with E-state index < -0.39 is 12.0 Å². The average molecular weight is 211 g/mol. The Morgan fingerprint density at radius 2 is 2.13 bits per heavy atom. The Labute approximate surface area is 86.4 Å². The van der Waals surface area contributed by atoms with Crippen molar-refractivity contribution >= 4 is 18.3 Å². The number of benzene rings is 1. The van der Waals surface area contributed by atoms with Crippen LogP contribution in [0.4, 0.5) is 5.69 Å². The van der Waals surface area contributed by atoms with Crippen LogP contribution in [0.15, 0.2) is 18.2 Å². The molecule has 0 unspecified atom stereocenters. The molecule has 0 amide bonds. The summed E-state index contributed by atoms with van der Waals surface area (Å²) in [5.41, 5.74) is -0.197. The number of nitro benzene ring substituents is 1. The molecule has 0 spiro atoms. The summed E-state index contributed by atoms with van der Waals surface area (Å²) in [6.07, 6.45) is 0. The van der Waals surface area contributed by atoms with E-state index in [9.17, 15) is 10.1 Å². The van der Waals surface area contributed by atoms with Gasteiger partial charge in [-0.3, -0.25) is 10.1 Å². The standard InChI is InChI=1S/C8H10BNO5/c1-2-15-8-4-6(9(11)12)3-7(5-8)10(13)14/h3-5,11-12H,2H2,1H3. The van der Waals surface area contributed by atoms with Gasteiger partial charge in [-0.05, 0) is 18.5 Å². The Balaban J connectivity index is 3.14. The minimum Gasteiger partial charge on any atom is -0.494 e. The number of hydrogen-bond donors (Lipinski definition) is 2. The summed E-state index contributed by atoms with van der Waals surface area (Å²) in [6.45, 7) is 2.08. The molecule has 0 fully saturated rings. The van der Waals surface area contributed by atoms with E-state index in [1.807, 2.05) is 0 Å². The lowest BCUT2D eigenvalue weighted by atomic mass is 9.80. The van der Waals surface area contributed by atoms with Crippen molar-refractivity contribution in [3.63, 3.8) is 0 Å². The van der Waals surface area contributed by atoms with E-state index in [-0.39, 0.29) is 16.9 Å². The summed E-state index contributed by atoms with van der Waals surface area (Å²) in [6, 6.07) is 3.67. The molecule has 80 valence electrons. The van der Waals surface area contributed by atoms with Crippen LogP contribution >= 0.6 is 0 Å². The Morgan fingerprint density at radius 3 is 2.60 bits per heavy atom. The summed E-state index contributed by atoms with van der Waals surface area (Å²) < 4.78 is 5.06.